The molecule has 0 radical (unpaired) electrons. The Morgan fingerprint density at radius 3 is 2.53 bits per heavy atom. The number of aryl methyl sites for hydroxylation is 1. The maximum Gasteiger partial charge on any atom is 0.411 e. The fourth-order valence-electron chi connectivity index (χ4n) is 2.90. The summed E-state index contributed by atoms with van der Waals surface area (Å²) in [4.78, 5) is 25.5. The van der Waals surface area contributed by atoms with Crippen molar-refractivity contribution in [3.05, 3.63) is 35.7 Å². The number of methoxy groups -OCH3 is 1. The zero-order valence-electron chi connectivity index (χ0n) is 19.3. The Morgan fingerprint density at radius 2 is 1.94 bits per heavy atom. The van der Waals surface area contributed by atoms with Gasteiger partial charge in [-0.25, -0.2) is 14.8 Å². The van der Waals surface area contributed by atoms with Gasteiger partial charge in [0, 0.05) is 16.9 Å². The molecule has 3 aromatic heterocycles. The second-order valence-corrected chi connectivity index (χ2v) is 9.26. The number of aromatic nitrogens is 4. The van der Waals surface area contributed by atoms with E-state index in [4.69, 9.17) is 14.5 Å². The first-order valence-corrected chi connectivity index (χ1v) is 10.9. The third-order valence-corrected chi connectivity index (χ3v) is 4.96. The molecule has 0 atom stereocenters. The van der Waals surface area contributed by atoms with Crippen LogP contribution in [0.5, 0.6) is 5.75 Å². The van der Waals surface area contributed by atoms with Gasteiger partial charge in [-0.3, -0.25) is 5.32 Å². The van der Waals surface area contributed by atoms with E-state index in [0.717, 1.165) is 11.3 Å². The molecule has 3 heterocycles. The number of amides is 1. The van der Waals surface area contributed by atoms with E-state index >= 15 is 0 Å². The number of carbonyl (C=O) groups excluding carboxylic acids is 1. The van der Waals surface area contributed by atoms with Crippen molar-refractivity contribution >= 4 is 34.3 Å². The van der Waals surface area contributed by atoms with Crippen LogP contribution in [0, 0.1) is 6.92 Å². The molecule has 170 valence electrons. The van der Waals surface area contributed by atoms with Crippen LogP contribution in [0.25, 0.3) is 11.5 Å². The average molecular weight is 457 g/mol. The predicted molar refractivity (Wildman–Crippen MR) is 126 cm³/mol. The van der Waals surface area contributed by atoms with Gasteiger partial charge in [0.15, 0.2) is 5.82 Å². The number of anilines is 3. The monoisotopic (exact) mass is 456 g/mol. The number of pyridine rings is 2. The normalized spacial score (nSPS) is 11.4. The fraction of sp³-hybridized carbons (Fsp3) is 0.409. The number of hydrogen-bond donors (Lipinski definition) is 2. The van der Waals surface area contributed by atoms with Gasteiger partial charge < -0.3 is 14.8 Å². The summed E-state index contributed by atoms with van der Waals surface area (Å²) in [6.45, 7) is 11.9. The summed E-state index contributed by atoms with van der Waals surface area (Å²) in [6.07, 6.45) is 1.21. The van der Waals surface area contributed by atoms with Gasteiger partial charge in [-0.15, -0.1) is 0 Å². The topological polar surface area (TPSA) is 111 Å². The predicted octanol–water partition coefficient (Wildman–Crippen LogP) is 5.31. The lowest BCUT2D eigenvalue weighted by Gasteiger charge is -2.23. The van der Waals surface area contributed by atoms with Crippen LogP contribution in [0.1, 0.15) is 45.9 Å². The van der Waals surface area contributed by atoms with E-state index in [1.165, 1.54) is 18.6 Å². The van der Waals surface area contributed by atoms with E-state index in [1.54, 1.807) is 6.20 Å². The van der Waals surface area contributed by atoms with Gasteiger partial charge >= 0.3 is 6.09 Å². The highest BCUT2D eigenvalue weighted by atomic mass is 32.1. The standard InChI is InChI=1S/C22H28N6O3S/c1-12(2)31-14-8-9-15(23-11-14)19-27-20(32-28-19)26-18-13(3)10-16(24-21(29)30-7)17(25-18)22(4,5)6/h8-12H,1-7H3,(H,24,29)(H,25,26,27,28). The van der Waals surface area contributed by atoms with Crippen LogP contribution in [-0.2, 0) is 10.2 Å². The number of carbonyl (C=O) groups is 1. The van der Waals surface area contributed by atoms with Gasteiger partial charge in [-0.1, -0.05) is 20.8 Å². The molecule has 3 rings (SSSR count). The highest BCUT2D eigenvalue weighted by Crippen LogP contribution is 2.33. The minimum Gasteiger partial charge on any atom is -0.489 e. The summed E-state index contributed by atoms with van der Waals surface area (Å²) in [7, 11) is 1.33. The van der Waals surface area contributed by atoms with Gasteiger partial charge in [0.25, 0.3) is 0 Å². The molecule has 3 aromatic rings. The zero-order valence-corrected chi connectivity index (χ0v) is 20.1. The molecule has 0 saturated heterocycles. The summed E-state index contributed by atoms with van der Waals surface area (Å²) in [5.41, 5.74) is 2.52. The van der Waals surface area contributed by atoms with Crippen LogP contribution >= 0.6 is 11.5 Å². The number of hydrogen-bond acceptors (Lipinski definition) is 9. The van der Waals surface area contributed by atoms with Crippen molar-refractivity contribution in [1.29, 1.82) is 0 Å². The van der Waals surface area contributed by atoms with Crippen LogP contribution in [-0.4, -0.2) is 38.6 Å². The molecule has 0 aliphatic heterocycles. The number of rotatable bonds is 6. The molecule has 9 nitrogen and oxygen atoms in total. The molecule has 0 bridgehead atoms. The molecule has 0 aromatic carbocycles. The van der Waals surface area contributed by atoms with E-state index in [9.17, 15) is 4.79 Å². The van der Waals surface area contributed by atoms with Crippen molar-refractivity contribution in [1.82, 2.24) is 19.3 Å². The molecule has 2 N–H and O–H groups in total. The van der Waals surface area contributed by atoms with E-state index in [0.29, 0.717) is 33.9 Å². The molecule has 0 aliphatic rings. The second kappa shape index (κ2) is 9.47. The molecule has 0 fully saturated rings. The molecule has 0 spiro atoms. The Kier molecular flexibility index (Phi) is 6.93. The van der Waals surface area contributed by atoms with Crippen LogP contribution in [0.4, 0.5) is 21.4 Å². The van der Waals surface area contributed by atoms with Crippen molar-refractivity contribution in [3.8, 4) is 17.3 Å². The summed E-state index contributed by atoms with van der Waals surface area (Å²) >= 11 is 1.22. The SMILES string of the molecule is COC(=O)Nc1cc(C)c(Nc2nc(-c3ccc(OC(C)C)cn3)ns2)nc1C(C)(C)C. The lowest BCUT2D eigenvalue weighted by atomic mass is 9.90. The molecule has 0 saturated carbocycles. The van der Waals surface area contributed by atoms with Crippen molar-refractivity contribution in [2.24, 2.45) is 0 Å². The molecule has 1 amide bonds. The molecule has 0 unspecified atom stereocenters. The Bertz CT molecular complexity index is 1090. The van der Waals surface area contributed by atoms with Gasteiger partial charge in [-0.2, -0.15) is 9.36 Å². The summed E-state index contributed by atoms with van der Waals surface area (Å²) < 4.78 is 14.8. The summed E-state index contributed by atoms with van der Waals surface area (Å²) in [5.74, 6) is 1.86. The van der Waals surface area contributed by atoms with E-state index in [2.05, 4.69) is 25.0 Å². The highest BCUT2D eigenvalue weighted by Gasteiger charge is 2.23. The first-order valence-electron chi connectivity index (χ1n) is 10.2. The molecular weight excluding hydrogens is 428 g/mol. The van der Waals surface area contributed by atoms with Crippen LogP contribution < -0.4 is 15.4 Å². The van der Waals surface area contributed by atoms with Gasteiger partial charge in [0.1, 0.15) is 17.3 Å². The fourth-order valence-corrected chi connectivity index (χ4v) is 3.48. The van der Waals surface area contributed by atoms with Crippen molar-refractivity contribution in [2.75, 3.05) is 17.7 Å². The van der Waals surface area contributed by atoms with Crippen molar-refractivity contribution < 1.29 is 14.3 Å². The van der Waals surface area contributed by atoms with Gasteiger partial charge in [0.05, 0.1) is 30.8 Å². The zero-order chi connectivity index (χ0) is 23.5. The number of ether oxygens (including phenoxy) is 2. The van der Waals surface area contributed by atoms with Crippen molar-refractivity contribution in [2.45, 2.75) is 53.1 Å². The molecule has 0 aliphatic carbocycles. The first-order chi connectivity index (χ1) is 15.1. The summed E-state index contributed by atoms with van der Waals surface area (Å²) in [6, 6.07) is 5.55. The lowest BCUT2D eigenvalue weighted by molar-refractivity contribution is 0.187. The first kappa shape index (κ1) is 23.4. The maximum atomic E-state index is 11.8. The Hall–Kier alpha value is -3.27. The van der Waals surface area contributed by atoms with Crippen LogP contribution in [0.2, 0.25) is 0 Å². The highest BCUT2D eigenvalue weighted by molar-refractivity contribution is 7.09. The molecule has 10 heteroatoms. The maximum absolute atomic E-state index is 11.8. The van der Waals surface area contributed by atoms with E-state index in [1.807, 2.05) is 59.7 Å². The minimum atomic E-state index is -0.538. The van der Waals surface area contributed by atoms with Crippen molar-refractivity contribution in [3.63, 3.8) is 0 Å². The van der Waals surface area contributed by atoms with Gasteiger partial charge in [-0.05, 0) is 44.5 Å². The van der Waals surface area contributed by atoms with Gasteiger partial charge in [0.2, 0.25) is 5.13 Å². The van der Waals surface area contributed by atoms with E-state index < -0.39 is 6.09 Å². The Morgan fingerprint density at radius 1 is 1.19 bits per heavy atom. The smallest absolute Gasteiger partial charge is 0.411 e. The molecular formula is C22H28N6O3S. The third-order valence-electron chi connectivity index (χ3n) is 4.33. The summed E-state index contributed by atoms with van der Waals surface area (Å²) in [5, 5.41) is 6.58. The third kappa shape index (κ3) is 5.70. The average Bonchev–Trinajstić information content (AvgIpc) is 3.17. The minimum absolute atomic E-state index is 0.0822. The quantitative estimate of drug-likeness (QED) is 0.513. The number of nitrogens with zero attached hydrogens (tertiary/aromatic N) is 4. The molecule has 32 heavy (non-hydrogen) atoms. The lowest BCUT2D eigenvalue weighted by Crippen LogP contribution is -2.21. The Labute approximate surface area is 191 Å². The van der Waals surface area contributed by atoms with E-state index in [-0.39, 0.29) is 11.5 Å². The number of nitrogens with one attached hydrogen (secondary N) is 2. The van der Waals surface area contributed by atoms with Crippen LogP contribution in [0.15, 0.2) is 24.4 Å². The largest absolute Gasteiger partial charge is 0.489 e. The second-order valence-electron chi connectivity index (χ2n) is 8.51. The Balaban J connectivity index is 1.85. The van der Waals surface area contributed by atoms with Crippen LogP contribution in [0.3, 0.4) is 0 Å².